The molecule has 0 atom stereocenters. The Hall–Kier alpha value is -2.94. The number of aliphatic hydroxyl groups is 1. The number of nitrogen functional groups attached to an aromatic ring is 1. The third-order valence-corrected chi connectivity index (χ3v) is 4.39. The van der Waals surface area contributed by atoms with Crippen LogP contribution in [0.2, 0.25) is 0 Å². The summed E-state index contributed by atoms with van der Waals surface area (Å²) in [5, 5.41) is 13.0. The topological polar surface area (TPSA) is 101 Å². The highest BCUT2D eigenvalue weighted by molar-refractivity contribution is 7.88. The number of rotatable bonds is 6. The van der Waals surface area contributed by atoms with E-state index in [0.29, 0.717) is 23.5 Å². The van der Waals surface area contributed by atoms with Gasteiger partial charge in [0.05, 0.1) is 12.1 Å². The minimum absolute atomic E-state index is 0.176. The van der Waals surface area contributed by atoms with Crippen LogP contribution in [0.3, 0.4) is 0 Å². The molecule has 10 heteroatoms. The average Bonchev–Trinajstić information content (AvgIpc) is 2.65. The predicted octanol–water partition coefficient (Wildman–Crippen LogP) is 3.90. The van der Waals surface area contributed by atoms with E-state index in [1.54, 1.807) is 0 Å². The first-order chi connectivity index (χ1) is 13.9. The number of nitrogens with two attached hydrogens (primary N) is 1. The molecule has 30 heavy (non-hydrogen) atoms. The number of nitrogens with one attached hydrogen (secondary N) is 1. The van der Waals surface area contributed by atoms with Gasteiger partial charge in [0.2, 0.25) is 0 Å². The molecule has 2 rings (SSSR count). The number of nitrogens with zero attached hydrogens (tertiary/aromatic N) is 2. The molecule has 4 N–H and O–H groups in total. The van der Waals surface area contributed by atoms with Crippen molar-refractivity contribution in [1.82, 2.24) is 4.98 Å². The summed E-state index contributed by atoms with van der Waals surface area (Å²) in [5.41, 5.74) is 9.63. The van der Waals surface area contributed by atoms with E-state index >= 15 is 0 Å². The number of alkyl halides is 3. The van der Waals surface area contributed by atoms with Crippen molar-refractivity contribution in [3.8, 4) is 5.69 Å². The first-order valence-corrected chi connectivity index (χ1v) is 9.82. The van der Waals surface area contributed by atoms with Crippen LogP contribution in [0.1, 0.15) is 41.2 Å². The summed E-state index contributed by atoms with van der Waals surface area (Å²) < 4.78 is 38.7. The van der Waals surface area contributed by atoms with Gasteiger partial charge in [0.25, 0.3) is 5.91 Å². The predicted molar refractivity (Wildman–Crippen MR) is 113 cm³/mol. The molecular formula is C20H21F3N4O2S. The van der Waals surface area contributed by atoms with Crippen molar-refractivity contribution in [3.05, 3.63) is 52.8 Å². The second-order valence-electron chi connectivity index (χ2n) is 6.85. The molecular weight excluding hydrogens is 417 g/mol. The van der Waals surface area contributed by atoms with Crippen LogP contribution in [0.25, 0.3) is 0 Å². The molecule has 6 nitrogen and oxygen atoms in total. The van der Waals surface area contributed by atoms with Crippen LogP contribution in [0.15, 0.2) is 35.3 Å². The van der Waals surface area contributed by atoms with Gasteiger partial charge >= 0.3 is 6.18 Å². The summed E-state index contributed by atoms with van der Waals surface area (Å²) in [5.74, 6) is -0.262. The van der Waals surface area contributed by atoms with Gasteiger partial charge in [-0.25, -0.2) is 4.98 Å². The van der Waals surface area contributed by atoms with E-state index in [9.17, 15) is 23.1 Å². The van der Waals surface area contributed by atoms with Gasteiger partial charge in [0.1, 0.15) is 11.4 Å². The molecule has 160 valence electrons. The van der Waals surface area contributed by atoms with Crippen LogP contribution in [-0.4, -0.2) is 34.5 Å². The maximum atomic E-state index is 12.9. The summed E-state index contributed by atoms with van der Waals surface area (Å²) in [6, 6.07) is 6.01. The number of aliphatic imine (C=N–C) groups is 1. The highest BCUT2D eigenvalue weighted by atomic mass is 32.1. The van der Waals surface area contributed by atoms with Crippen molar-refractivity contribution in [2.45, 2.75) is 25.6 Å². The standard InChI is InChI=1S/C20H21F3N4O2S/c1-19(2,29)13-10-14(24)12(11-25-7-8-30-3)9-16(13)27-18(28)15-5-4-6-17(26-15)20(21,22)23/h3-6,9-11,29H,7-8,24H2,1-2H3,(H,27,28). The molecule has 0 saturated heterocycles. The molecule has 1 heterocycles. The fourth-order valence-corrected chi connectivity index (χ4v) is 2.74. The maximum Gasteiger partial charge on any atom is 0.433 e. The third kappa shape index (κ3) is 6.03. The lowest BCUT2D eigenvalue weighted by Crippen LogP contribution is -2.23. The van der Waals surface area contributed by atoms with Crippen LogP contribution in [0.4, 0.5) is 24.5 Å². The second kappa shape index (κ2) is 9.25. The summed E-state index contributed by atoms with van der Waals surface area (Å²) in [6.45, 7) is 3.43. The van der Waals surface area contributed by atoms with E-state index in [0.717, 1.165) is 23.3 Å². The molecule has 0 aliphatic rings. The smallest absolute Gasteiger partial charge is 0.398 e. The van der Waals surface area contributed by atoms with Crippen LogP contribution in [0, 0.1) is 5.69 Å². The zero-order valence-electron chi connectivity index (χ0n) is 16.3. The summed E-state index contributed by atoms with van der Waals surface area (Å²) >= 11 is 1.14. The Morgan fingerprint density at radius 1 is 1.37 bits per heavy atom. The van der Waals surface area contributed by atoms with E-state index in [1.165, 1.54) is 38.3 Å². The number of anilines is 2. The van der Waals surface area contributed by atoms with Crippen LogP contribution in [0.5, 0.6) is 0 Å². The molecule has 2 aromatic rings. The van der Waals surface area contributed by atoms with Crippen LogP contribution in [-0.2, 0) is 11.8 Å². The molecule has 0 aliphatic carbocycles. The first kappa shape index (κ1) is 23.3. The molecule has 1 amide bonds. The van der Waals surface area contributed by atoms with Crippen molar-refractivity contribution in [1.29, 1.82) is 0 Å². The zero-order chi connectivity index (χ0) is 22.5. The zero-order valence-corrected chi connectivity index (χ0v) is 17.1. The Labute approximate surface area is 175 Å². The monoisotopic (exact) mass is 438 g/mol. The van der Waals surface area contributed by atoms with Crippen molar-refractivity contribution in [3.63, 3.8) is 0 Å². The van der Waals surface area contributed by atoms with Gasteiger partial charge in [0, 0.05) is 34.5 Å². The van der Waals surface area contributed by atoms with E-state index in [2.05, 4.69) is 15.3 Å². The van der Waals surface area contributed by atoms with E-state index < -0.39 is 29.1 Å². The SMILES string of the molecule is C#SCCN=Cc1cc(NC(=O)c2cccc(C(F)(F)F)n2)c(C(C)(C)O)cc1N. The number of hydrogen-bond acceptors (Lipinski definition) is 5. The number of benzene rings is 1. The van der Waals surface area contributed by atoms with Gasteiger partial charge in [-0.3, -0.25) is 9.79 Å². The largest absolute Gasteiger partial charge is 0.433 e. The fraction of sp³-hybridized carbons (Fsp3) is 0.300. The molecule has 1 aromatic heterocycles. The lowest BCUT2D eigenvalue weighted by atomic mass is 9.94. The number of carbonyl (C=O) groups excluding carboxylic acids is 1. The number of amides is 1. The maximum absolute atomic E-state index is 12.9. The summed E-state index contributed by atoms with van der Waals surface area (Å²) in [6.07, 6.45) is -3.18. The number of carbonyl (C=O) groups is 1. The first-order valence-electron chi connectivity index (χ1n) is 8.77. The van der Waals surface area contributed by atoms with Crippen molar-refractivity contribution >= 4 is 34.7 Å². The molecule has 0 spiro atoms. The quantitative estimate of drug-likeness (QED) is 0.362. The minimum Gasteiger partial charge on any atom is -0.398 e. The Morgan fingerprint density at radius 2 is 2.07 bits per heavy atom. The number of aromatic nitrogens is 1. The lowest BCUT2D eigenvalue weighted by Gasteiger charge is -2.23. The van der Waals surface area contributed by atoms with Gasteiger partial charge in [-0.2, -0.15) is 13.2 Å². The Balaban J connectivity index is 2.42. The molecule has 0 saturated carbocycles. The number of pyridine rings is 1. The van der Waals surface area contributed by atoms with Gasteiger partial charge in [-0.1, -0.05) is 6.07 Å². The van der Waals surface area contributed by atoms with Crippen LogP contribution < -0.4 is 11.1 Å². The molecule has 1 aromatic carbocycles. The second-order valence-corrected chi connectivity index (χ2v) is 7.59. The summed E-state index contributed by atoms with van der Waals surface area (Å²) in [7, 11) is 0. The van der Waals surface area contributed by atoms with Crippen molar-refractivity contribution in [2.75, 3.05) is 23.3 Å². The van der Waals surface area contributed by atoms with E-state index in [4.69, 9.17) is 11.4 Å². The van der Waals surface area contributed by atoms with E-state index in [1.807, 2.05) is 0 Å². The fourth-order valence-electron chi connectivity index (χ4n) is 2.53. The minimum atomic E-state index is -4.68. The van der Waals surface area contributed by atoms with E-state index in [-0.39, 0.29) is 11.3 Å². The third-order valence-electron chi connectivity index (χ3n) is 3.97. The van der Waals surface area contributed by atoms with Gasteiger partial charge in [-0.15, -0.1) is 16.9 Å². The Kier molecular flexibility index (Phi) is 7.20. The highest BCUT2D eigenvalue weighted by Gasteiger charge is 2.33. The van der Waals surface area contributed by atoms with Crippen molar-refractivity contribution < 1.29 is 23.1 Å². The molecule has 0 fully saturated rings. The molecule has 0 bridgehead atoms. The number of halogens is 3. The normalized spacial score (nSPS) is 12.2. The van der Waals surface area contributed by atoms with Gasteiger partial charge in [0.15, 0.2) is 0 Å². The highest BCUT2D eigenvalue weighted by Crippen LogP contribution is 2.32. The Morgan fingerprint density at radius 3 is 2.67 bits per heavy atom. The lowest BCUT2D eigenvalue weighted by molar-refractivity contribution is -0.141. The Bertz CT molecular complexity index is 1010. The molecule has 0 unspecified atom stereocenters. The molecule has 0 aliphatic heterocycles. The number of hydrogen-bond donors (Lipinski definition) is 3. The average molecular weight is 438 g/mol. The molecule has 0 radical (unpaired) electrons. The van der Waals surface area contributed by atoms with Crippen LogP contribution >= 0.6 is 11.2 Å². The van der Waals surface area contributed by atoms with Gasteiger partial charge < -0.3 is 16.2 Å². The van der Waals surface area contributed by atoms with Gasteiger partial charge in [-0.05, 0) is 38.1 Å². The van der Waals surface area contributed by atoms with Crippen molar-refractivity contribution in [2.24, 2.45) is 4.99 Å². The summed E-state index contributed by atoms with van der Waals surface area (Å²) in [4.78, 5) is 20.1.